The van der Waals surface area contributed by atoms with Gasteiger partial charge in [-0.25, -0.2) is 14.2 Å². The maximum absolute atomic E-state index is 13.1. The lowest BCUT2D eigenvalue weighted by molar-refractivity contribution is 0.0297. The number of carbonyl (C=O) groups is 1. The quantitative estimate of drug-likeness (QED) is 0.885. The Balaban J connectivity index is 1.71. The van der Waals surface area contributed by atoms with Gasteiger partial charge in [-0.3, -0.25) is 4.90 Å². The molecule has 2 aromatic rings. The van der Waals surface area contributed by atoms with Crippen molar-refractivity contribution < 1.29 is 13.9 Å². The fraction of sp³-hybridized carbons (Fsp3) is 0.421. The van der Waals surface area contributed by atoms with Crippen molar-refractivity contribution in [2.24, 2.45) is 0 Å². The summed E-state index contributed by atoms with van der Waals surface area (Å²) in [6.07, 6.45) is -0.345. The van der Waals surface area contributed by atoms with Crippen LogP contribution in [0.5, 0.6) is 0 Å². The Labute approximate surface area is 158 Å². The molecule has 0 bridgehead atoms. The predicted octanol–water partition coefficient (Wildman–Crippen LogP) is 3.68. The van der Waals surface area contributed by atoms with Gasteiger partial charge in [-0.2, -0.15) is 4.98 Å². The highest BCUT2D eigenvalue weighted by atomic mass is 19.1. The second-order valence-corrected chi connectivity index (χ2v) is 7.48. The Hall–Kier alpha value is -2.90. The van der Waals surface area contributed by atoms with Gasteiger partial charge in [0, 0.05) is 30.5 Å². The van der Waals surface area contributed by atoms with Crippen LogP contribution in [0.25, 0.3) is 0 Å². The third kappa shape index (κ3) is 5.06. The maximum Gasteiger partial charge on any atom is 0.411 e. The number of amides is 1. The number of ether oxygens (including phenoxy) is 1. The number of halogens is 1. The summed E-state index contributed by atoms with van der Waals surface area (Å²) < 4.78 is 18.5. The van der Waals surface area contributed by atoms with Crippen molar-refractivity contribution in [2.45, 2.75) is 33.3 Å². The fourth-order valence-corrected chi connectivity index (χ4v) is 2.67. The summed E-state index contributed by atoms with van der Waals surface area (Å²) in [5.74, 6) is 0.852. The Morgan fingerprint density at radius 1 is 1.19 bits per heavy atom. The van der Waals surface area contributed by atoms with Gasteiger partial charge in [0.2, 0.25) is 5.95 Å². The number of carbonyl (C=O) groups excluding carboxylic acids is 1. The molecule has 1 aliphatic heterocycles. The van der Waals surface area contributed by atoms with Crippen LogP contribution in [0.1, 0.15) is 26.5 Å². The molecule has 0 atom stereocenters. The molecule has 8 heteroatoms. The zero-order chi connectivity index (χ0) is 19.6. The van der Waals surface area contributed by atoms with E-state index in [1.165, 1.54) is 12.1 Å². The first kappa shape index (κ1) is 18.9. The summed E-state index contributed by atoms with van der Waals surface area (Å²) in [6.45, 7) is 8.95. The van der Waals surface area contributed by atoms with E-state index in [9.17, 15) is 9.18 Å². The average molecular weight is 373 g/mol. The molecule has 0 spiro atoms. The largest absolute Gasteiger partial charge is 0.444 e. The van der Waals surface area contributed by atoms with Crippen molar-refractivity contribution in [1.29, 1.82) is 0 Å². The van der Waals surface area contributed by atoms with Crippen LogP contribution in [0.4, 0.5) is 26.6 Å². The van der Waals surface area contributed by atoms with Gasteiger partial charge in [-0.15, -0.1) is 0 Å². The molecule has 1 aromatic carbocycles. The van der Waals surface area contributed by atoms with Crippen LogP contribution in [0.3, 0.4) is 0 Å². The SMILES string of the molecule is Cc1cc(Nc2ccc(F)cc2)nc(N2CCN(C(=O)OC(C)(C)C)C2)n1. The van der Waals surface area contributed by atoms with Crippen LogP contribution in [-0.4, -0.2) is 46.3 Å². The van der Waals surface area contributed by atoms with E-state index < -0.39 is 5.60 Å². The van der Waals surface area contributed by atoms with Crippen molar-refractivity contribution in [2.75, 3.05) is 30.0 Å². The maximum atomic E-state index is 13.1. The van der Waals surface area contributed by atoms with Gasteiger partial charge >= 0.3 is 6.09 Å². The van der Waals surface area contributed by atoms with E-state index in [0.29, 0.717) is 31.5 Å². The summed E-state index contributed by atoms with van der Waals surface area (Å²) in [5, 5.41) is 3.15. The number of benzene rings is 1. The first-order chi connectivity index (χ1) is 12.7. The molecule has 0 aliphatic carbocycles. The lowest BCUT2D eigenvalue weighted by Crippen LogP contribution is -2.36. The smallest absolute Gasteiger partial charge is 0.411 e. The van der Waals surface area contributed by atoms with E-state index in [1.54, 1.807) is 17.0 Å². The van der Waals surface area contributed by atoms with Crippen molar-refractivity contribution in [1.82, 2.24) is 14.9 Å². The van der Waals surface area contributed by atoms with Crippen LogP contribution in [-0.2, 0) is 4.74 Å². The number of hydrogen-bond acceptors (Lipinski definition) is 6. The monoisotopic (exact) mass is 373 g/mol. The van der Waals surface area contributed by atoms with E-state index in [1.807, 2.05) is 38.7 Å². The van der Waals surface area contributed by atoms with E-state index in [-0.39, 0.29) is 11.9 Å². The lowest BCUT2D eigenvalue weighted by atomic mass is 10.2. The van der Waals surface area contributed by atoms with Crippen molar-refractivity contribution in [3.05, 3.63) is 41.8 Å². The second kappa shape index (κ2) is 7.38. The molecule has 3 rings (SSSR count). The number of aryl methyl sites for hydroxylation is 1. The highest BCUT2D eigenvalue weighted by molar-refractivity contribution is 5.69. The number of aromatic nitrogens is 2. The topological polar surface area (TPSA) is 70.6 Å². The Kier molecular flexibility index (Phi) is 5.16. The molecular weight excluding hydrogens is 349 g/mol. The van der Waals surface area contributed by atoms with Crippen molar-refractivity contribution in [3.8, 4) is 0 Å². The molecule has 1 saturated heterocycles. The van der Waals surface area contributed by atoms with Crippen LogP contribution in [0.2, 0.25) is 0 Å². The molecule has 1 amide bonds. The minimum Gasteiger partial charge on any atom is -0.444 e. The Morgan fingerprint density at radius 3 is 2.56 bits per heavy atom. The number of nitrogens with one attached hydrogen (secondary N) is 1. The first-order valence-electron chi connectivity index (χ1n) is 8.81. The summed E-state index contributed by atoms with van der Waals surface area (Å²) >= 11 is 0. The molecule has 1 aromatic heterocycles. The number of rotatable bonds is 3. The summed E-state index contributed by atoms with van der Waals surface area (Å²) in [6, 6.07) is 7.88. The average Bonchev–Trinajstić information content (AvgIpc) is 3.05. The Morgan fingerprint density at radius 2 is 1.89 bits per heavy atom. The molecular formula is C19H24FN5O2. The summed E-state index contributed by atoms with van der Waals surface area (Å²) in [4.78, 5) is 24.8. The van der Waals surface area contributed by atoms with E-state index in [2.05, 4.69) is 15.3 Å². The number of hydrogen-bond donors (Lipinski definition) is 1. The molecule has 0 saturated carbocycles. The molecule has 0 unspecified atom stereocenters. The van der Waals surface area contributed by atoms with Crippen LogP contribution >= 0.6 is 0 Å². The predicted molar refractivity (Wildman–Crippen MR) is 102 cm³/mol. The molecule has 27 heavy (non-hydrogen) atoms. The third-order valence-electron chi connectivity index (χ3n) is 3.87. The first-order valence-corrected chi connectivity index (χ1v) is 8.81. The van der Waals surface area contributed by atoms with Gasteiger partial charge in [0.25, 0.3) is 0 Å². The third-order valence-corrected chi connectivity index (χ3v) is 3.87. The van der Waals surface area contributed by atoms with Gasteiger partial charge in [0.15, 0.2) is 0 Å². The summed E-state index contributed by atoms with van der Waals surface area (Å²) in [5.41, 5.74) is 0.994. The molecule has 2 heterocycles. The number of anilines is 3. The lowest BCUT2D eigenvalue weighted by Gasteiger charge is -2.24. The normalized spacial score (nSPS) is 14.4. The minimum absolute atomic E-state index is 0.292. The molecule has 144 valence electrons. The zero-order valence-electron chi connectivity index (χ0n) is 16.0. The van der Waals surface area contributed by atoms with Crippen LogP contribution in [0.15, 0.2) is 30.3 Å². The fourth-order valence-electron chi connectivity index (χ4n) is 2.67. The zero-order valence-corrected chi connectivity index (χ0v) is 16.0. The van der Waals surface area contributed by atoms with Gasteiger partial charge < -0.3 is 15.0 Å². The number of nitrogens with zero attached hydrogens (tertiary/aromatic N) is 4. The minimum atomic E-state index is -0.531. The highest BCUT2D eigenvalue weighted by Gasteiger charge is 2.29. The Bertz CT molecular complexity index is 820. The van der Waals surface area contributed by atoms with E-state index in [0.717, 1.165) is 11.4 Å². The second-order valence-electron chi connectivity index (χ2n) is 7.48. The van der Waals surface area contributed by atoms with E-state index in [4.69, 9.17) is 4.74 Å². The van der Waals surface area contributed by atoms with Crippen LogP contribution in [0, 0.1) is 12.7 Å². The van der Waals surface area contributed by atoms with Gasteiger partial charge in [0.1, 0.15) is 17.2 Å². The van der Waals surface area contributed by atoms with Crippen molar-refractivity contribution in [3.63, 3.8) is 0 Å². The molecule has 0 radical (unpaired) electrons. The molecule has 1 aliphatic rings. The van der Waals surface area contributed by atoms with Gasteiger partial charge in [0.05, 0.1) is 6.67 Å². The summed E-state index contributed by atoms with van der Waals surface area (Å²) in [7, 11) is 0. The van der Waals surface area contributed by atoms with Crippen LogP contribution < -0.4 is 10.2 Å². The molecule has 1 fully saturated rings. The highest BCUT2D eigenvalue weighted by Crippen LogP contribution is 2.21. The van der Waals surface area contributed by atoms with Crippen molar-refractivity contribution >= 4 is 23.5 Å². The standard InChI is InChI=1S/C19H24FN5O2/c1-13-11-16(22-15-7-5-14(20)6-8-15)23-17(21-13)24-9-10-25(12-24)18(26)27-19(2,3)4/h5-8,11H,9-10,12H2,1-4H3,(H,21,22,23). The molecule has 1 N–H and O–H groups in total. The molecule has 7 nitrogen and oxygen atoms in total. The van der Waals surface area contributed by atoms with E-state index >= 15 is 0 Å². The van der Waals surface area contributed by atoms with Gasteiger partial charge in [-0.1, -0.05) is 0 Å². The van der Waals surface area contributed by atoms with Gasteiger partial charge in [-0.05, 0) is 52.0 Å².